The van der Waals surface area contributed by atoms with Crippen molar-refractivity contribution in [1.82, 2.24) is 9.80 Å². The van der Waals surface area contributed by atoms with Crippen LogP contribution < -0.4 is 0 Å². The zero-order valence-corrected chi connectivity index (χ0v) is 14.3. The number of carbonyl (C=O) groups is 1. The lowest BCUT2D eigenvalue weighted by molar-refractivity contribution is 0.0179. The molecule has 1 aliphatic rings. The topological polar surface area (TPSA) is 43.8 Å². The van der Waals surface area contributed by atoms with Crippen molar-refractivity contribution >= 4 is 21.7 Å². The molecule has 0 bridgehead atoms. The van der Waals surface area contributed by atoms with Gasteiger partial charge < -0.3 is 5.11 Å². The number of aliphatic hydroxyl groups is 1. The summed E-state index contributed by atoms with van der Waals surface area (Å²) in [5.74, 6) is 0.165. The molecule has 0 amide bonds. The molecule has 1 fully saturated rings. The van der Waals surface area contributed by atoms with E-state index in [0.29, 0.717) is 13.1 Å². The van der Waals surface area contributed by atoms with Crippen molar-refractivity contribution in [1.29, 1.82) is 0 Å². The summed E-state index contributed by atoms with van der Waals surface area (Å²) in [4.78, 5) is 16.7. The normalized spacial score (nSPS) is 17.9. The molecule has 1 heterocycles. The van der Waals surface area contributed by atoms with Crippen molar-refractivity contribution in [3.63, 3.8) is 0 Å². The summed E-state index contributed by atoms with van der Waals surface area (Å²) in [6, 6.07) is 7.51. The van der Waals surface area contributed by atoms with E-state index in [1.54, 1.807) is 0 Å². The number of rotatable bonds is 5. The summed E-state index contributed by atoms with van der Waals surface area (Å²) >= 11 is 3.38. The van der Waals surface area contributed by atoms with Crippen LogP contribution >= 0.6 is 15.9 Å². The molecule has 0 spiro atoms. The second kappa shape index (κ2) is 7.01. The molecular formula is C16H23BrN2O2. The highest BCUT2D eigenvalue weighted by atomic mass is 79.9. The van der Waals surface area contributed by atoms with Crippen molar-refractivity contribution < 1.29 is 9.90 Å². The summed E-state index contributed by atoms with van der Waals surface area (Å²) in [7, 11) is 0. The third-order valence-corrected chi connectivity index (χ3v) is 4.14. The maximum Gasteiger partial charge on any atom is 0.176 e. The predicted molar refractivity (Wildman–Crippen MR) is 87.7 cm³/mol. The molecule has 1 N–H and O–H groups in total. The highest BCUT2D eigenvalue weighted by Crippen LogP contribution is 2.13. The molecule has 1 aromatic rings. The van der Waals surface area contributed by atoms with Crippen LogP contribution in [0.5, 0.6) is 0 Å². The average Bonchev–Trinajstić information content (AvgIpc) is 2.40. The van der Waals surface area contributed by atoms with Crippen molar-refractivity contribution in [2.75, 3.05) is 39.3 Å². The molecule has 2 rings (SSSR count). The highest BCUT2D eigenvalue weighted by molar-refractivity contribution is 9.10. The van der Waals surface area contributed by atoms with Gasteiger partial charge in [-0.05, 0) is 26.0 Å². The lowest BCUT2D eigenvalue weighted by atomic mass is 10.1. The Morgan fingerprint density at radius 1 is 1.14 bits per heavy atom. The number of halogens is 1. The Morgan fingerprint density at radius 3 is 2.19 bits per heavy atom. The number of nitrogens with zero attached hydrogens (tertiary/aromatic N) is 2. The van der Waals surface area contributed by atoms with E-state index in [0.717, 1.165) is 36.2 Å². The van der Waals surface area contributed by atoms with Crippen molar-refractivity contribution in [2.24, 2.45) is 0 Å². The Hall–Kier alpha value is -0.750. The monoisotopic (exact) mass is 354 g/mol. The Morgan fingerprint density at radius 2 is 1.67 bits per heavy atom. The van der Waals surface area contributed by atoms with Crippen LogP contribution in [0.25, 0.3) is 0 Å². The molecular weight excluding hydrogens is 332 g/mol. The van der Waals surface area contributed by atoms with Gasteiger partial charge in [0.05, 0.1) is 12.1 Å². The van der Waals surface area contributed by atoms with Gasteiger partial charge in [-0.25, -0.2) is 0 Å². The zero-order chi connectivity index (χ0) is 15.5. The van der Waals surface area contributed by atoms with Crippen LogP contribution in [0.2, 0.25) is 0 Å². The van der Waals surface area contributed by atoms with Crippen LogP contribution in [0.3, 0.4) is 0 Å². The number of carbonyl (C=O) groups excluding carboxylic acids is 1. The van der Waals surface area contributed by atoms with Crippen molar-refractivity contribution in [3.05, 3.63) is 34.3 Å². The van der Waals surface area contributed by atoms with E-state index in [9.17, 15) is 9.90 Å². The summed E-state index contributed by atoms with van der Waals surface area (Å²) < 4.78 is 0.985. The van der Waals surface area contributed by atoms with Crippen LogP contribution in [0.1, 0.15) is 24.2 Å². The number of β-amino-alcohol motifs (C(OH)–C–C–N with tert-alkyl or cyclic N) is 1. The number of piperazine rings is 1. The molecule has 0 aromatic heterocycles. The Labute approximate surface area is 134 Å². The van der Waals surface area contributed by atoms with Crippen LogP contribution in [-0.4, -0.2) is 65.6 Å². The van der Waals surface area contributed by atoms with Gasteiger partial charge in [0, 0.05) is 42.8 Å². The first-order valence-electron chi connectivity index (χ1n) is 7.29. The molecule has 4 nitrogen and oxygen atoms in total. The van der Waals surface area contributed by atoms with E-state index >= 15 is 0 Å². The maximum absolute atomic E-state index is 12.2. The van der Waals surface area contributed by atoms with Crippen molar-refractivity contribution in [2.45, 2.75) is 19.4 Å². The van der Waals surface area contributed by atoms with E-state index in [-0.39, 0.29) is 5.78 Å². The van der Waals surface area contributed by atoms with Gasteiger partial charge in [-0.1, -0.05) is 28.1 Å². The van der Waals surface area contributed by atoms with Gasteiger partial charge in [0.2, 0.25) is 0 Å². The molecule has 1 aromatic carbocycles. The fraction of sp³-hybridized carbons (Fsp3) is 0.562. The second-order valence-corrected chi connectivity index (χ2v) is 7.21. The van der Waals surface area contributed by atoms with Gasteiger partial charge in [-0.2, -0.15) is 0 Å². The molecule has 116 valence electrons. The first-order valence-corrected chi connectivity index (χ1v) is 8.09. The number of Topliss-reactive ketones (excluding diaryl/α,β-unsaturated/α-hetero) is 1. The molecule has 1 aliphatic heterocycles. The predicted octanol–water partition coefficient (Wildman–Crippen LogP) is 2.02. The Kier molecular flexibility index (Phi) is 5.54. The van der Waals surface area contributed by atoms with Crippen LogP contribution in [0, 0.1) is 0 Å². The van der Waals surface area contributed by atoms with E-state index in [1.807, 2.05) is 38.1 Å². The van der Waals surface area contributed by atoms with E-state index in [1.165, 1.54) is 0 Å². The van der Waals surface area contributed by atoms with Gasteiger partial charge in [-0.15, -0.1) is 0 Å². The first kappa shape index (κ1) is 16.6. The minimum atomic E-state index is -0.657. The number of ketones is 1. The third-order valence-electron chi connectivity index (χ3n) is 3.61. The average molecular weight is 355 g/mol. The fourth-order valence-electron chi connectivity index (χ4n) is 2.58. The molecule has 1 saturated heterocycles. The summed E-state index contributed by atoms with van der Waals surface area (Å²) in [6.45, 7) is 8.36. The standard InChI is InChI=1S/C16H23BrN2O2/c1-16(2,21)12-19-9-7-18(8-10-19)11-15(20)13-3-5-14(17)6-4-13/h3-6,21H,7-12H2,1-2H3. The quantitative estimate of drug-likeness (QED) is 0.821. The highest BCUT2D eigenvalue weighted by Gasteiger charge is 2.23. The fourth-order valence-corrected chi connectivity index (χ4v) is 2.85. The second-order valence-electron chi connectivity index (χ2n) is 6.29. The lowest BCUT2D eigenvalue weighted by Crippen LogP contribution is -2.51. The minimum Gasteiger partial charge on any atom is -0.389 e. The molecule has 0 aliphatic carbocycles. The van der Waals surface area contributed by atoms with Crippen LogP contribution in [-0.2, 0) is 0 Å². The Balaban J connectivity index is 1.80. The van der Waals surface area contributed by atoms with Gasteiger partial charge >= 0.3 is 0 Å². The molecule has 0 unspecified atom stereocenters. The molecule has 0 radical (unpaired) electrons. The lowest BCUT2D eigenvalue weighted by Gasteiger charge is -2.37. The molecule has 0 atom stereocenters. The van der Waals surface area contributed by atoms with E-state index in [4.69, 9.17) is 0 Å². The van der Waals surface area contributed by atoms with Crippen LogP contribution in [0.15, 0.2) is 28.7 Å². The summed E-state index contributed by atoms with van der Waals surface area (Å²) in [6.07, 6.45) is 0. The molecule has 5 heteroatoms. The van der Waals surface area contributed by atoms with Gasteiger partial charge in [0.1, 0.15) is 0 Å². The SMILES string of the molecule is CC(C)(O)CN1CCN(CC(=O)c2ccc(Br)cc2)CC1. The number of hydrogen-bond acceptors (Lipinski definition) is 4. The van der Waals surface area contributed by atoms with E-state index < -0.39 is 5.60 Å². The zero-order valence-electron chi connectivity index (χ0n) is 12.7. The first-order chi connectivity index (χ1) is 9.83. The molecule has 0 saturated carbocycles. The third kappa shape index (κ3) is 5.51. The van der Waals surface area contributed by atoms with Gasteiger partial charge in [0.25, 0.3) is 0 Å². The smallest absolute Gasteiger partial charge is 0.176 e. The minimum absolute atomic E-state index is 0.165. The van der Waals surface area contributed by atoms with Gasteiger partial charge in [-0.3, -0.25) is 14.6 Å². The Bertz CT molecular complexity index is 474. The summed E-state index contributed by atoms with van der Waals surface area (Å²) in [5, 5.41) is 9.84. The number of benzene rings is 1. The largest absolute Gasteiger partial charge is 0.389 e. The maximum atomic E-state index is 12.2. The van der Waals surface area contributed by atoms with Crippen LogP contribution in [0.4, 0.5) is 0 Å². The van der Waals surface area contributed by atoms with Gasteiger partial charge in [0.15, 0.2) is 5.78 Å². The van der Waals surface area contributed by atoms with Crippen molar-refractivity contribution in [3.8, 4) is 0 Å². The summed E-state index contributed by atoms with van der Waals surface area (Å²) in [5.41, 5.74) is 0.104. The number of hydrogen-bond donors (Lipinski definition) is 1. The van der Waals surface area contributed by atoms with E-state index in [2.05, 4.69) is 25.7 Å². The molecule has 21 heavy (non-hydrogen) atoms.